The van der Waals surface area contributed by atoms with E-state index < -0.39 is 0 Å². The first-order valence-electron chi connectivity index (χ1n) is 6.20. The van der Waals surface area contributed by atoms with Gasteiger partial charge in [0.2, 0.25) is 11.9 Å². The number of aromatic nitrogens is 4. The molecule has 0 radical (unpaired) electrons. The number of nitrogens with two attached hydrogens (primary N) is 1. The number of para-hydroxylation sites is 1. The maximum atomic E-state index is 5.87. The number of hydrogen-bond acceptors (Lipinski definition) is 5. The van der Waals surface area contributed by atoms with Gasteiger partial charge in [-0.15, -0.1) is 5.10 Å². The molecule has 0 spiro atoms. The van der Waals surface area contributed by atoms with Crippen LogP contribution in [-0.4, -0.2) is 19.7 Å². The van der Waals surface area contributed by atoms with Gasteiger partial charge in [-0.05, 0) is 30.7 Å². The van der Waals surface area contributed by atoms with Crippen molar-refractivity contribution in [3.8, 4) is 5.82 Å². The summed E-state index contributed by atoms with van der Waals surface area (Å²) in [7, 11) is 0. The molecular formula is C14H14N6. The zero-order chi connectivity index (χ0) is 13.9. The molecule has 6 nitrogen and oxygen atoms in total. The van der Waals surface area contributed by atoms with Crippen molar-refractivity contribution in [3.63, 3.8) is 0 Å². The summed E-state index contributed by atoms with van der Waals surface area (Å²) in [6.07, 6.45) is 1.69. The maximum absolute atomic E-state index is 5.87. The molecule has 0 aliphatic rings. The van der Waals surface area contributed by atoms with E-state index in [-0.39, 0.29) is 0 Å². The summed E-state index contributed by atoms with van der Waals surface area (Å²) in [5.41, 5.74) is 7.94. The average Bonchev–Trinajstić information content (AvgIpc) is 2.83. The van der Waals surface area contributed by atoms with Crippen molar-refractivity contribution in [1.29, 1.82) is 0 Å². The van der Waals surface area contributed by atoms with E-state index >= 15 is 0 Å². The summed E-state index contributed by atoms with van der Waals surface area (Å²) in [5, 5.41) is 7.48. The molecule has 0 unspecified atom stereocenters. The molecule has 100 valence electrons. The number of hydrogen-bond donors (Lipinski definition) is 2. The normalized spacial score (nSPS) is 10.4. The molecule has 2 heterocycles. The number of nitrogens with zero attached hydrogens (tertiary/aromatic N) is 4. The fourth-order valence-corrected chi connectivity index (χ4v) is 1.86. The van der Waals surface area contributed by atoms with Crippen LogP contribution in [0.4, 0.5) is 17.6 Å². The van der Waals surface area contributed by atoms with Gasteiger partial charge in [-0.2, -0.15) is 9.67 Å². The lowest BCUT2D eigenvalue weighted by atomic mass is 10.2. The van der Waals surface area contributed by atoms with Crippen LogP contribution in [0.3, 0.4) is 0 Å². The zero-order valence-electron chi connectivity index (χ0n) is 11.0. The van der Waals surface area contributed by atoms with Gasteiger partial charge in [0.05, 0.1) is 0 Å². The summed E-state index contributed by atoms with van der Waals surface area (Å²) >= 11 is 0. The SMILES string of the molecule is Cc1ccccc1Nc1nc(N)n(-c2ccccn2)n1. The van der Waals surface area contributed by atoms with E-state index in [4.69, 9.17) is 5.73 Å². The van der Waals surface area contributed by atoms with Crippen LogP contribution in [0.5, 0.6) is 0 Å². The van der Waals surface area contributed by atoms with Crippen molar-refractivity contribution in [2.24, 2.45) is 0 Å². The van der Waals surface area contributed by atoms with Crippen molar-refractivity contribution >= 4 is 17.6 Å². The molecule has 6 heteroatoms. The fourth-order valence-electron chi connectivity index (χ4n) is 1.86. The number of pyridine rings is 1. The maximum Gasteiger partial charge on any atom is 0.248 e. The smallest absolute Gasteiger partial charge is 0.248 e. The lowest BCUT2D eigenvalue weighted by molar-refractivity contribution is 0.859. The number of aryl methyl sites for hydroxylation is 1. The van der Waals surface area contributed by atoms with Crippen molar-refractivity contribution in [2.75, 3.05) is 11.1 Å². The highest BCUT2D eigenvalue weighted by atomic mass is 15.4. The van der Waals surface area contributed by atoms with Crippen LogP contribution in [0.1, 0.15) is 5.56 Å². The minimum Gasteiger partial charge on any atom is -0.368 e. The quantitative estimate of drug-likeness (QED) is 0.760. The molecule has 0 amide bonds. The molecule has 0 fully saturated rings. The molecule has 0 atom stereocenters. The molecule has 3 rings (SSSR count). The third-order valence-corrected chi connectivity index (χ3v) is 2.89. The number of nitrogen functional groups attached to an aromatic ring is 1. The van der Waals surface area contributed by atoms with Crippen molar-refractivity contribution in [2.45, 2.75) is 6.92 Å². The minimum absolute atomic E-state index is 0.291. The lowest BCUT2D eigenvalue weighted by Gasteiger charge is -2.04. The highest BCUT2D eigenvalue weighted by Gasteiger charge is 2.10. The van der Waals surface area contributed by atoms with Crippen LogP contribution in [-0.2, 0) is 0 Å². The second-order valence-electron chi connectivity index (χ2n) is 4.33. The predicted octanol–water partition coefficient (Wildman–Crippen LogP) is 2.30. The Kier molecular flexibility index (Phi) is 3.04. The molecule has 3 N–H and O–H groups in total. The van der Waals surface area contributed by atoms with Gasteiger partial charge < -0.3 is 11.1 Å². The van der Waals surface area contributed by atoms with Crippen LogP contribution in [0.15, 0.2) is 48.7 Å². The van der Waals surface area contributed by atoms with Crippen LogP contribution in [0.2, 0.25) is 0 Å². The summed E-state index contributed by atoms with van der Waals surface area (Å²) in [6.45, 7) is 2.02. The first kappa shape index (κ1) is 12.2. The molecule has 0 aliphatic heterocycles. The molecule has 3 aromatic rings. The molecule has 0 saturated carbocycles. The largest absolute Gasteiger partial charge is 0.368 e. The second-order valence-corrected chi connectivity index (χ2v) is 4.33. The Morgan fingerprint density at radius 2 is 1.90 bits per heavy atom. The van der Waals surface area contributed by atoms with Gasteiger partial charge in [-0.3, -0.25) is 0 Å². The Balaban J connectivity index is 1.92. The predicted molar refractivity (Wildman–Crippen MR) is 78.0 cm³/mol. The second kappa shape index (κ2) is 5.00. The standard InChI is InChI=1S/C14H14N6/c1-10-6-2-3-7-11(10)17-14-18-13(15)20(19-14)12-8-4-5-9-16-12/h2-9H,1H3,(H3,15,17,18,19). The van der Waals surface area contributed by atoms with Gasteiger partial charge in [-0.1, -0.05) is 24.3 Å². The molecule has 0 bridgehead atoms. The zero-order valence-corrected chi connectivity index (χ0v) is 11.0. The van der Waals surface area contributed by atoms with Crippen molar-refractivity contribution in [1.82, 2.24) is 19.7 Å². The third-order valence-electron chi connectivity index (χ3n) is 2.89. The summed E-state index contributed by atoms with van der Waals surface area (Å²) < 4.78 is 1.50. The van der Waals surface area contributed by atoms with Gasteiger partial charge in [0.15, 0.2) is 5.82 Å². The highest BCUT2D eigenvalue weighted by Crippen LogP contribution is 2.19. The monoisotopic (exact) mass is 266 g/mol. The first-order chi connectivity index (χ1) is 9.74. The van der Waals surface area contributed by atoms with Gasteiger partial charge in [0, 0.05) is 11.9 Å². The topological polar surface area (TPSA) is 81.6 Å². The highest BCUT2D eigenvalue weighted by molar-refractivity contribution is 5.58. The Morgan fingerprint density at radius 3 is 2.65 bits per heavy atom. The molecule has 2 aromatic heterocycles. The van der Waals surface area contributed by atoms with E-state index in [1.807, 2.05) is 49.4 Å². The summed E-state index contributed by atoms with van der Waals surface area (Å²) in [4.78, 5) is 8.40. The first-order valence-corrected chi connectivity index (χ1v) is 6.20. The van der Waals surface area contributed by atoms with Gasteiger partial charge in [-0.25, -0.2) is 4.98 Å². The van der Waals surface area contributed by atoms with Crippen LogP contribution in [0, 0.1) is 6.92 Å². The Labute approximate surface area is 116 Å². The molecule has 0 saturated heterocycles. The molecule has 1 aromatic carbocycles. The number of nitrogens with one attached hydrogen (secondary N) is 1. The molecular weight excluding hydrogens is 252 g/mol. The van der Waals surface area contributed by atoms with E-state index in [0.29, 0.717) is 17.7 Å². The average molecular weight is 266 g/mol. The van der Waals surface area contributed by atoms with E-state index in [1.165, 1.54) is 4.68 Å². The molecule has 20 heavy (non-hydrogen) atoms. The van der Waals surface area contributed by atoms with Crippen molar-refractivity contribution in [3.05, 3.63) is 54.2 Å². The molecule has 0 aliphatic carbocycles. The van der Waals surface area contributed by atoms with E-state index in [9.17, 15) is 0 Å². The van der Waals surface area contributed by atoms with E-state index in [1.54, 1.807) is 6.20 Å². The van der Waals surface area contributed by atoms with Gasteiger partial charge in [0.25, 0.3) is 0 Å². The summed E-state index contributed by atoms with van der Waals surface area (Å²) in [5.74, 6) is 1.37. The van der Waals surface area contributed by atoms with Crippen LogP contribution in [0.25, 0.3) is 5.82 Å². The van der Waals surface area contributed by atoms with E-state index in [2.05, 4.69) is 20.4 Å². The number of benzene rings is 1. The van der Waals surface area contributed by atoms with Crippen molar-refractivity contribution < 1.29 is 0 Å². The number of anilines is 3. The van der Waals surface area contributed by atoms with E-state index in [0.717, 1.165) is 11.3 Å². The van der Waals surface area contributed by atoms with Crippen LogP contribution >= 0.6 is 0 Å². The lowest BCUT2D eigenvalue weighted by Crippen LogP contribution is -2.04. The van der Waals surface area contributed by atoms with Gasteiger partial charge >= 0.3 is 0 Å². The summed E-state index contributed by atoms with van der Waals surface area (Å²) in [6, 6.07) is 13.4. The van der Waals surface area contributed by atoms with Gasteiger partial charge in [0.1, 0.15) is 0 Å². The Bertz CT molecular complexity index is 720. The number of rotatable bonds is 3. The fraction of sp³-hybridized carbons (Fsp3) is 0.0714. The van der Waals surface area contributed by atoms with Crippen LogP contribution < -0.4 is 11.1 Å². The minimum atomic E-state index is 0.291. The Hall–Kier alpha value is -2.89. The third kappa shape index (κ3) is 2.31. The Morgan fingerprint density at radius 1 is 1.10 bits per heavy atom.